The van der Waals surface area contributed by atoms with Crippen molar-refractivity contribution in [2.45, 2.75) is 24.8 Å². The molecule has 0 atom stereocenters. The average molecular weight is 371 g/mol. The topological polar surface area (TPSA) is 41.6 Å². The molecule has 0 aromatic heterocycles. The minimum Gasteiger partial charge on any atom is -0.378 e. The van der Waals surface area contributed by atoms with Crippen LogP contribution < -0.4 is 10.2 Å². The van der Waals surface area contributed by atoms with Gasteiger partial charge < -0.3 is 15.0 Å². The minimum absolute atomic E-state index is 0.0123. The minimum atomic E-state index is -0.278. The molecule has 2 aromatic carbocycles. The van der Waals surface area contributed by atoms with E-state index < -0.39 is 0 Å². The first-order valence-corrected chi connectivity index (χ1v) is 9.56. The highest BCUT2D eigenvalue weighted by atomic mass is 35.5. The number of nitrogens with one attached hydrogen (secondary N) is 1. The number of amides is 1. The zero-order chi connectivity index (χ0) is 18.0. The van der Waals surface area contributed by atoms with Crippen molar-refractivity contribution in [1.29, 1.82) is 0 Å². The van der Waals surface area contributed by atoms with Crippen LogP contribution in [-0.4, -0.2) is 32.2 Å². The summed E-state index contributed by atoms with van der Waals surface area (Å²) in [6, 6.07) is 15.7. The highest BCUT2D eigenvalue weighted by molar-refractivity contribution is 6.30. The van der Waals surface area contributed by atoms with Gasteiger partial charge in [0.1, 0.15) is 0 Å². The summed E-state index contributed by atoms with van der Waals surface area (Å²) in [5.74, 6) is -0.0123. The molecule has 1 saturated heterocycles. The van der Waals surface area contributed by atoms with E-state index >= 15 is 0 Å². The summed E-state index contributed by atoms with van der Waals surface area (Å²) >= 11 is 6.03. The van der Waals surface area contributed by atoms with Crippen LogP contribution in [0.15, 0.2) is 48.5 Å². The van der Waals surface area contributed by atoms with Gasteiger partial charge in [-0.15, -0.1) is 0 Å². The fraction of sp³-hybridized carbons (Fsp3) is 0.381. The maximum Gasteiger partial charge on any atom is 0.254 e. The molecule has 1 saturated carbocycles. The third kappa shape index (κ3) is 3.31. The molecule has 0 spiro atoms. The summed E-state index contributed by atoms with van der Waals surface area (Å²) < 4.78 is 5.44. The second kappa shape index (κ2) is 7.29. The Morgan fingerprint density at radius 3 is 2.38 bits per heavy atom. The summed E-state index contributed by atoms with van der Waals surface area (Å²) in [7, 11) is 0. The van der Waals surface area contributed by atoms with Crippen LogP contribution in [-0.2, 0) is 10.3 Å². The molecule has 5 heteroatoms. The number of nitrogens with zero attached hydrogens (tertiary/aromatic N) is 1. The number of para-hydroxylation sites is 1. The van der Waals surface area contributed by atoms with E-state index in [-0.39, 0.29) is 11.4 Å². The number of carbonyl (C=O) groups is 1. The second-order valence-electron chi connectivity index (χ2n) is 7.01. The number of carbonyl (C=O) groups excluding carboxylic acids is 1. The van der Waals surface area contributed by atoms with Crippen molar-refractivity contribution < 1.29 is 9.53 Å². The van der Waals surface area contributed by atoms with Gasteiger partial charge in [0.15, 0.2) is 0 Å². The molecule has 1 N–H and O–H groups in total. The highest BCUT2D eigenvalue weighted by Gasteiger charge is 2.40. The SMILES string of the molecule is O=C(NC1(c2ccc(Cl)cc2)CCC1)c1ccccc1N1CCOCC1. The van der Waals surface area contributed by atoms with Crippen LogP contribution in [0.4, 0.5) is 5.69 Å². The molecule has 136 valence electrons. The fourth-order valence-corrected chi connectivity index (χ4v) is 3.94. The number of halogens is 1. The Balaban J connectivity index is 1.59. The van der Waals surface area contributed by atoms with Crippen LogP contribution in [0, 0.1) is 0 Å². The van der Waals surface area contributed by atoms with Gasteiger partial charge in [0, 0.05) is 23.8 Å². The second-order valence-corrected chi connectivity index (χ2v) is 7.45. The van der Waals surface area contributed by atoms with Crippen LogP contribution in [0.25, 0.3) is 0 Å². The molecule has 0 bridgehead atoms. The van der Waals surface area contributed by atoms with Crippen LogP contribution in [0.3, 0.4) is 0 Å². The molecule has 4 rings (SSSR count). The van der Waals surface area contributed by atoms with E-state index in [1.165, 1.54) is 0 Å². The quantitative estimate of drug-likeness (QED) is 0.884. The number of hydrogen-bond acceptors (Lipinski definition) is 3. The third-order valence-corrected chi connectivity index (χ3v) is 5.71. The largest absolute Gasteiger partial charge is 0.378 e. The van der Waals surface area contributed by atoms with Crippen molar-refractivity contribution in [3.63, 3.8) is 0 Å². The summed E-state index contributed by atoms with van der Waals surface area (Å²) in [6.07, 6.45) is 3.04. The van der Waals surface area contributed by atoms with E-state index in [1.807, 2.05) is 48.5 Å². The zero-order valence-corrected chi connectivity index (χ0v) is 15.5. The molecule has 26 heavy (non-hydrogen) atoms. The molecule has 0 radical (unpaired) electrons. The normalized spacial score (nSPS) is 18.9. The first-order chi connectivity index (χ1) is 12.7. The van der Waals surface area contributed by atoms with Gasteiger partial charge in [-0.25, -0.2) is 0 Å². The number of rotatable bonds is 4. The maximum absolute atomic E-state index is 13.2. The number of hydrogen-bond donors (Lipinski definition) is 1. The van der Waals surface area contributed by atoms with Gasteiger partial charge >= 0.3 is 0 Å². The van der Waals surface area contributed by atoms with Crippen molar-refractivity contribution in [1.82, 2.24) is 5.32 Å². The lowest BCUT2D eigenvalue weighted by Gasteiger charge is -2.43. The van der Waals surface area contributed by atoms with Gasteiger partial charge in [-0.2, -0.15) is 0 Å². The maximum atomic E-state index is 13.2. The van der Waals surface area contributed by atoms with E-state index in [2.05, 4.69) is 10.2 Å². The lowest BCUT2D eigenvalue weighted by atomic mass is 9.71. The molecule has 0 unspecified atom stereocenters. The third-order valence-electron chi connectivity index (χ3n) is 5.46. The Morgan fingerprint density at radius 2 is 1.73 bits per heavy atom. The van der Waals surface area contributed by atoms with E-state index in [4.69, 9.17) is 16.3 Å². The predicted molar refractivity (Wildman–Crippen MR) is 104 cm³/mol. The molecular weight excluding hydrogens is 348 g/mol. The van der Waals surface area contributed by atoms with Gasteiger partial charge in [0.05, 0.1) is 24.3 Å². The Hall–Kier alpha value is -2.04. The average Bonchev–Trinajstić information content (AvgIpc) is 2.66. The summed E-state index contributed by atoms with van der Waals surface area (Å²) in [4.78, 5) is 15.4. The molecule has 1 amide bonds. The van der Waals surface area contributed by atoms with Crippen molar-refractivity contribution in [2.24, 2.45) is 0 Å². The first kappa shape index (κ1) is 17.4. The van der Waals surface area contributed by atoms with Gasteiger partial charge in [-0.05, 0) is 49.1 Å². The van der Waals surface area contributed by atoms with Crippen molar-refractivity contribution >= 4 is 23.2 Å². The zero-order valence-electron chi connectivity index (χ0n) is 14.7. The van der Waals surface area contributed by atoms with E-state index in [0.717, 1.165) is 49.2 Å². The Labute approximate surface area is 159 Å². The van der Waals surface area contributed by atoms with Crippen LogP contribution in [0.1, 0.15) is 35.2 Å². The molecule has 2 aromatic rings. The monoisotopic (exact) mass is 370 g/mol. The van der Waals surface area contributed by atoms with Crippen molar-refractivity contribution in [3.05, 3.63) is 64.7 Å². The number of anilines is 1. The van der Waals surface area contributed by atoms with Crippen molar-refractivity contribution in [2.75, 3.05) is 31.2 Å². The molecule has 1 aliphatic carbocycles. The summed E-state index contributed by atoms with van der Waals surface area (Å²) in [5.41, 5.74) is 2.57. The van der Waals surface area contributed by atoms with E-state index in [9.17, 15) is 4.79 Å². The van der Waals surface area contributed by atoms with Gasteiger partial charge in [-0.1, -0.05) is 35.9 Å². The van der Waals surface area contributed by atoms with Crippen LogP contribution in [0.2, 0.25) is 5.02 Å². The van der Waals surface area contributed by atoms with Gasteiger partial charge in [-0.3, -0.25) is 4.79 Å². The molecule has 2 aliphatic rings. The van der Waals surface area contributed by atoms with E-state index in [0.29, 0.717) is 18.2 Å². The standard InChI is InChI=1S/C21H23ClN2O2/c22-17-8-6-16(7-9-17)21(10-3-11-21)23-20(25)18-4-1-2-5-19(18)24-12-14-26-15-13-24/h1-2,4-9H,3,10-15H2,(H,23,25). The van der Waals surface area contributed by atoms with Gasteiger partial charge in [0.25, 0.3) is 5.91 Å². The van der Waals surface area contributed by atoms with Gasteiger partial charge in [0.2, 0.25) is 0 Å². The smallest absolute Gasteiger partial charge is 0.254 e. The molecular formula is C21H23ClN2O2. The predicted octanol–water partition coefficient (Wildman–Crippen LogP) is 3.99. The van der Waals surface area contributed by atoms with Crippen LogP contribution in [0.5, 0.6) is 0 Å². The Bertz CT molecular complexity index is 781. The Morgan fingerprint density at radius 1 is 1.04 bits per heavy atom. The number of morpholine rings is 1. The molecule has 1 heterocycles. The molecule has 4 nitrogen and oxygen atoms in total. The van der Waals surface area contributed by atoms with Crippen LogP contribution >= 0.6 is 11.6 Å². The fourth-order valence-electron chi connectivity index (χ4n) is 3.82. The highest BCUT2D eigenvalue weighted by Crippen LogP contribution is 2.42. The lowest BCUT2D eigenvalue weighted by Crippen LogP contribution is -2.51. The molecule has 1 aliphatic heterocycles. The summed E-state index contributed by atoms with van der Waals surface area (Å²) in [5, 5.41) is 4.04. The molecule has 2 fully saturated rings. The number of benzene rings is 2. The van der Waals surface area contributed by atoms with Crippen molar-refractivity contribution in [3.8, 4) is 0 Å². The number of ether oxygens (including phenoxy) is 1. The Kier molecular flexibility index (Phi) is 4.88. The summed E-state index contributed by atoms with van der Waals surface area (Å²) in [6.45, 7) is 3.02. The van der Waals surface area contributed by atoms with E-state index in [1.54, 1.807) is 0 Å². The lowest BCUT2D eigenvalue weighted by molar-refractivity contribution is 0.0822. The first-order valence-electron chi connectivity index (χ1n) is 9.18.